The fraction of sp³-hybridized carbons (Fsp3) is 0.625. The van der Waals surface area contributed by atoms with Crippen molar-refractivity contribution in [1.82, 2.24) is 4.98 Å². The van der Waals surface area contributed by atoms with Crippen molar-refractivity contribution in [2.45, 2.75) is 13.3 Å². The van der Waals surface area contributed by atoms with Crippen molar-refractivity contribution in [3.63, 3.8) is 0 Å². The second-order valence-electron chi connectivity index (χ2n) is 2.45. The fourth-order valence-electron chi connectivity index (χ4n) is 0.898. The van der Waals surface area contributed by atoms with Crippen molar-refractivity contribution < 1.29 is 5.11 Å². The summed E-state index contributed by atoms with van der Waals surface area (Å²) in [4.78, 5) is 5.55. The molecule has 0 bridgehead atoms. The summed E-state index contributed by atoms with van der Waals surface area (Å²) in [5.41, 5.74) is 3.05. The Morgan fingerprint density at radius 1 is 1.58 bits per heavy atom. The molecule has 0 spiro atoms. The number of aliphatic hydroxyl groups excluding tert-OH is 1. The van der Waals surface area contributed by atoms with E-state index in [9.17, 15) is 0 Å². The highest BCUT2D eigenvalue weighted by molar-refractivity contribution is 7.99. The minimum atomic E-state index is 0.284. The summed E-state index contributed by atoms with van der Waals surface area (Å²) in [6.45, 7) is 2.33. The molecule has 0 aliphatic rings. The van der Waals surface area contributed by atoms with Crippen LogP contribution in [-0.2, 0) is 6.42 Å². The lowest BCUT2D eigenvalue weighted by Crippen LogP contribution is -1.92. The van der Waals surface area contributed by atoms with Crippen molar-refractivity contribution in [3.05, 3.63) is 16.1 Å². The van der Waals surface area contributed by atoms with Gasteiger partial charge in [-0.3, -0.25) is 0 Å². The normalized spacial score (nSPS) is 10.5. The molecule has 0 radical (unpaired) electrons. The average molecular weight is 203 g/mol. The molecule has 0 amide bonds. The number of rotatable bonds is 5. The molecule has 0 unspecified atom stereocenters. The number of aryl methyl sites for hydroxylation is 2. The van der Waals surface area contributed by atoms with E-state index in [-0.39, 0.29) is 6.61 Å². The number of aliphatic hydroxyl groups is 1. The number of hydrogen-bond donors (Lipinski definition) is 1. The van der Waals surface area contributed by atoms with Gasteiger partial charge in [0.15, 0.2) is 0 Å². The van der Waals surface area contributed by atoms with E-state index in [4.69, 9.17) is 5.11 Å². The Bertz CT molecular complexity index is 225. The van der Waals surface area contributed by atoms with Crippen LogP contribution in [0.2, 0.25) is 0 Å². The van der Waals surface area contributed by atoms with Gasteiger partial charge >= 0.3 is 0 Å². The minimum absolute atomic E-state index is 0.284. The lowest BCUT2D eigenvalue weighted by Gasteiger charge is -1.97. The Hall–Kier alpha value is -0.0600. The third-order valence-corrected chi connectivity index (χ3v) is 3.51. The second kappa shape index (κ2) is 5.56. The van der Waals surface area contributed by atoms with Crippen LogP contribution in [0.25, 0.3) is 0 Å². The van der Waals surface area contributed by atoms with Gasteiger partial charge in [-0.25, -0.2) is 4.98 Å². The SMILES string of the molecule is Cc1ncsc1CCSCCO. The molecule has 1 N–H and O–H groups in total. The van der Waals surface area contributed by atoms with Crippen molar-refractivity contribution in [2.75, 3.05) is 18.1 Å². The standard InChI is InChI=1S/C8H13NOS2/c1-7-8(12-6-9-7)2-4-11-5-3-10/h6,10H,2-5H2,1H3. The van der Waals surface area contributed by atoms with Gasteiger partial charge in [-0.05, 0) is 19.1 Å². The van der Waals surface area contributed by atoms with Gasteiger partial charge in [0.05, 0.1) is 17.8 Å². The maximum absolute atomic E-state index is 8.55. The van der Waals surface area contributed by atoms with Crippen LogP contribution in [0.1, 0.15) is 10.6 Å². The van der Waals surface area contributed by atoms with Gasteiger partial charge < -0.3 is 5.11 Å². The van der Waals surface area contributed by atoms with Crippen LogP contribution in [0.5, 0.6) is 0 Å². The molecule has 0 aliphatic carbocycles. The van der Waals surface area contributed by atoms with Gasteiger partial charge in [0.1, 0.15) is 0 Å². The number of nitrogens with zero attached hydrogens (tertiary/aromatic N) is 1. The molecule has 0 aromatic carbocycles. The molecule has 0 atom stereocenters. The van der Waals surface area contributed by atoms with Crippen LogP contribution in [-0.4, -0.2) is 28.2 Å². The van der Waals surface area contributed by atoms with Crippen LogP contribution in [0.15, 0.2) is 5.51 Å². The Balaban J connectivity index is 2.20. The molecule has 4 heteroatoms. The molecule has 0 saturated carbocycles. The van der Waals surface area contributed by atoms with E-state index in [1.54, 1.807) is 23.1 Å². The summed E-state index contributed by atoms with van der Waals surface area (Å²) < 4.78 is 0. The summed E-state index contributed by atoms with van der Waals surface area (Å²) in [6.07, 6.45) is 1.08. The first-order valence-corrected chi connectivity index (χ1v) is 5.95. The maximum atomic E-state index is 8.55. The second-order valence-corrected chi connectivity index (χ2v) is 4.61. The minimum Gasteiger partial charge on any atom is -0.396 e. The predicted molar refractivity (Wildman–Crippen MR) is 55.0 cm³/mol. The van der Waals surface area contributed by atoms with Crippen molar-refractivity contribution >= 4 is 23.1 Å². The zero-order valence-corrected chi connectivity index (χ0v) is 8.75. The first-order chi connectivity index (χ1) is 5.84. The Morgan fingerprint density at radius 2 is 2.42 bits per heavy atom. The molecule has 12 heavy (non-hydrogen) atoms. The quantitative estimate of drug-likeness (QED) is 0.740. The third-order valence-electron chi connectivity index (χ3n) is 1.55. The van der Waals surface area contributed by atoms with Gasteiger partial charge in [-0.1, -0.05) is 0 Å². The lowest BCUT2D eigenvalue weighted by atomic mass is 10.3. The predicted octanol–water partition coefficient (Wildman–Crippen LogP) is 1.72. The van der Waals surface area contributed by atoms with E-state index < -0.39 is 0 Å². The molecule has 1 aromatic rings. The number of thiazole rings is 1. The molecule has 1 aromatic heterocycles. The number of aromatic nitrogens is 1. The van der Waals surface area contributed by atoms with Gasteiger partial charge in [0, 0.05) is 10.6 Å². The zero-order chi connectivity index (χ0) is 8.81. The number of thioether (sulfide) groups is 1. The van der Waals surface area contributed by atoms with Crippen LogP contribution >= 0.6 is 23.1 Å². The molecular formula is C8H13NOS2. The van der Waals surface area contributed by atoms with E-state index in [1.807, 2.05) is 12.4 Å². The smallest absolute Gasteiger partial charge is 0.0797 e. The summed E-state index contributed by atoms with van der Waals surface area (Å²) in [7, 11) is 0. The van der Waals surface area contributed by atoms with Crippen LogP contribution < -0.4 is 0 Å². The van der Waals surface area contributed by atoms with Gasteiger partial charge in [-0.15, -0.1) is 11.3 Å². The Morgan fingerprint density at radius 3 is 3.00 bits per heavy atom. The van der Waals surface area contributed by atoms with E-state index in [1.165, 1.54) is 4.88 Å². The lowest BCUT2D eigenvalue weighted by molar-refractivity contribution is 0.322. The van der Waals surface area contributed by atoms with Crippen molar-refractivity contribution in [2.24, 2.45) is 0 Å². The molecule has 0 fully saturated rings. The summed E-state index contributed by atoms with van der Waals surface area (Å²) >= 11 is 3.51. The van der Waals surface area contributed by atoms with E-state index in [0.717, 1.165) is 23.6 Å². The highest BCUT2D eigenvalue weighted by Crippen LogP contribution is 2.14. The van der Waals surface area contributed by atoms with Crippen LogP contribution in [0.4, 0.5) is 0 Å². The highest BCUT2D eigenvalue weighted by atomic mass is 32.2. The first kappa shape index (κ1) is 10.0. The molecular weight excluding hydrogens is 190 g/mol. The summed E-state index contributed by atoms with van der Waals surface area (Å²) in [5, 5.41) is 8.55. The Labute approximate surface area is 81.0 Å². The van der Waals surface area contributed by atoms with E-state index in [2.05, 4.69) is 4.98 Å². The van der Waals surface area contributed by atoms with Gasteiger partial charge in [0.25, 0.3) is 0 Å². The largest absolute Gasteiger partial charge is 0.396 e. The zero-order valence-electron chi connectivity index (χ0n) is 7.12. The highest BCUT2D eigenvalue weighted by Gasteiger charge is 1.99. The fourth-order valence-corrected chi connectivity index (χ4v) is 2.49. The summed E-state index contributed by atoms with van der Waals surface area (Å²) in [6, 6.07) is 0. The first-order valence-electron chi connectivity index (χ1n) is 3.92. The monoisotopic (exact) mass is 203 g/mol. The van der Waals surface area contributed by atoms with Gasteiger partial charge in [-0.2, -0.15) is 11.8 Å². The van der Waals surface area contributed by atoms with Gasteiger partial charge in [0.2, 0.25) is 0 Å². The average Bonchev–Trinajstić information content (AvgIpc) is 2.46. The topological polar surface area (TPSA) is 33.1 Å². The van der Waals surface area contributed by atoms with Crippen LogP contribution in [0.3, 0.4) is 0 Å². The van der Waals surface area contributed by atoms with E-state index >= 15 is 0 Å². The number of hydrogen-bond acceptors (Lipinski definition) is 4. The molecule has 0 aliphatic heterocycles. The van der Waals surface area contributed by atoms with Crippen molar-refractivity contribution in [3.8, 4) is 0 Å². The van der Waals surface area contributed by atoms with Crippen LogP contribution in [0, 0.1) is 6.92 Å². The molecule has 0 saturated heterocycles. The van der Waals surface area contributed by atoms with E-state index in [0.29, 0.717) is 0 Å². The molecule has 2 nitrogen and oxygen atoms in total. The molecule has 1 rings (SSSR count). The maximum Gasteiger partial charge on any atom is 0.0797 e. The Kier molecular flexibility index (Phi) is 4.65. The molecule has 1 heterocycles. The third kappa shape index (κ3) is 3.13. The molecule has 68 valence electrons. The van der Waals surface area contributed by atoms with Crippen molar-refractivity contribution in [1.29, 1.82) is 0 Å². The summed E-state index contributed by atoms with van der Waals surface area (Å²) in [5.74, 6) is 1.93.